The maximum atomic E-state index is 11.4. The van der Waals surface area contributed by atoms with Crippen molar-refractivity contribution in [2.75, 3.05) is 0 Å². The van der Waals surface area contributed by atoms with E-state index in [4.69, 9.17) is 5.11 Å². The van der Waals surface area contributed by atoms with E-state index in [-0.39, 0.29) is 11.5 Å². The summed E-state index contributed by atoms with van der Waals surface area (Å²) in [5, 5.41) is 20.3. The molecule has 0 radical (unpaired) electrons. The van der Waals surface area contributed by atoms with Crippen molar-refractivity contribution < 1.29 is 15.0 Å². The van der Waals surface area contributed by atoms with Gasteiger partial charge in [-0.05, 0) is 28.7 Å². The van der Waals surface area contributed by atoms with E-state index >= 15 is 0 Å². The molecule has 3 heteroatoms. The van der Waals surface area contributed by atoms with Gasteiger partial charge < -0.3 is 10.2 Å². The van der Waals surface area contributed by atoms with E-state index in [9.17, 15) is 9.90 Å². The number of benzene rings is 3. The normalized spacial score (nSPS) is 11.4. The van der Waals surface area contributed by atoms with Crippen molar-refractivity contribution in [1.29, 1.82) is 0 Å². The summed E-state index contributed by atoms with van der Waals surface area (Å²) in [4.78, 5) is 10.9. The van der Waals surface area contributed by atoms with Crippen LogP contribution in [0.15, 0.2) is 78.9 Å². The van der Waals surface area contributed by atoms with E-state index in [1.807, 2.05) is 43.3 Å². The minimum Gasteiger partial charge on any atom is -0.872 e. The Balaban J connectivity index is 0.000000244. The zero-order valence-electron chi connectivity index (χ0n) is 15.9. The van der Waals surface area contributed by atoms with Gasteiger partial charge in [-0.25, -0.2) is 4.79 Å². The Hall–Kier alpha value is -3.07. The Morgan fingerprint density at radius 1 is 0.778 bits per heavy atom. The van der Waals surface area contributed by atoms with Crippen molar-refractivity contribution in [3.63, 3.8) is 0 Å². The first-order chi connectivity index (χ1) is 12.9. The first-order valence-electron chi connectivity index (χ1n) is 9.04. The minimum atomic E-state index is -1.18. The Kier molecular flexibility index (Phi) is 7.18. The largest absolute Gasteiger partial charge is 0.872 e. The standard InChI is InChI=1S/C15H14O3.C9H12/c1-10(11-5-3-2-4-6-11)12-7-8-14(16)13(9-12)15(17)18;1-8(2)9-6-4-3-5-7-9/h2-10,16H,1H3,(H,17,18);3-8H,1-2H3/p-1. The number of hydrogen-bond donors (Lipinski definition) is 1. The summed E-state index contributed by atoms with van der Waals surface area (Å²) in [6.07, 6.45) is 0. The molecule has 0 spiro atoms. The molecule has 0 amide bonds. The van der Waals surface area contributed by atoms with Crippen LogP contribution >= 0.6 is 0 Å². The van der Waals surface area contributed by atoms with Gasteiger partial charge in [0.15, 0.2) is 0 Å². The Bertz CT molecular complexity index is 855. The molecule has 0 aliphatic heterocycles. The molecule has 1 N–H and O–H groups in total. The highest BCUT2D eigenvalue weighted by Gasteiger charge is 2.11. The van der Waals surface area contributed by atoms with Crippen LogP contribution < -0.4 is 5.11 Å². The predicted molar refractivity (Wildman–Crippen MR) is 107 cm³/mol. The van der Waals surface area contributed by atoms with Crippen molar-refractivity contribution in [3.05, 3.63) is 101 Å². The zero-order chi connectivity index (χ0) is 19.8. The third-order valence-corrected chi connectivity index (χ3v) is 4.50. The van der Waals surface area contributed by atoms with E-state index in [1.54, 1.807) is 6.07 Å². The van der Waals surface area contributed by atoms with Crippen LogP contribution in [-0.2, 0) is 0 Å². The van der Waals surface area contributed by atoms with Crippen LogP contribution in [0.1, 0.15) is 59.7 Å². The number of rotatable bonds is 4. The summed E-state index contributed by atoms with van der Waals surface area (Å²) >= 11 is 0. The lowest BCUT2D eigenvalue weighted by Crippen LogP contribution is -2.06. The molecule has 0 aliphatic rings. The van der Waals surface area contributed by atoms with E-state index in [0.717, 1.165) is 11.1 Å². The molecule has 0 heterocycles. The van der Waals surface area contributed by atoms with Crippen LogP contribution in [-0.4, -0.2) is 11.1 Å². The number of carboxylic acid groups (broad SMARTS) is 1. The molecule has 0 saturated heterocycles. The predicted octanol–water partition coefficient (Wildman–Crippen LogP) is 5.42. The Morgan fingerprint density at radius 2 is 1.30 bits per heavy atom. The molecular formula is C24H25O3-. The number of carboxylic acids is 1. The van der Waals surface area contributed by atoms with Crippen molar-refractivity contribution in [1.82, 2.24) is 0 Å². The van der Waals surface area contributed by atoms with Crippen molar-refractivity contribution in [2.24, 2.45) is 0 Å². The molecule has 0 fully saturated rings. The molecule has 1 atom stereocenters. The molecule has 27 heavy (non-hydrogen) atoms. The third-order valence-electron chi connectivity index (χ3n) is 4.50. The average Bonchev–Trinajstić information content (AvgIpc) is 2.69. The third kappa shape index (κ3) is 5.71. The molecule has 3 aromatic rings. The molecule has 3 nitrogen and oxygen atoms in total. The molecule has 0 bridgehead atoms. The minimum absolute atomic E-state index is 0.0601. The van der Waals surface area contributed by atoms with E-state index < -0.39 is 11.7 Å². The summed E-state index contributed by atoms with van der Waals surface area (Å²) < 4.78 is 0. The topological polar surface area (TPSA) is 60.4 Å². The fraction of sp³-hybridized carbons (Fsp3) is 0.208. The van der Waals surface area contributed by atoms with Gasteiger partial charge in [-0.15, -0.1) is 0 Å². The summed E-state index contributed by atoms with van der Waals surface area (Å²) in [5.74, 6) is -0.912. The van der Waals surface area contributed by atoms with Crippen molar-refractivity contribution >= 4 is 5.97 Å². The average molecular weight is 361 g/mol. The van der Waals surface area contributed by atoms with Gasteiger partial charge in [-0.1, -0.05) is 99.3 Å². The highest BCUT2D eigenvalue weighted by molar-refractivity contribution is 5.90. The van der Waals surface area contributed by atoms with Gasteiger partial charge in [-0.2, -0.15) is 0 Å². The van der Waals surface area contributed by atoms with Gasteiger partial charge >= 0.3 is 5.97 Å². The Morgan fingerprint density at radius 3 is 1.74 bits per heavy atom. The van der Waals surface area contributed by atoms with Gasteiger partial charge in [0.05, 0.1) is 5.56 Å². The fourth-order valence-electron chi connectivity index (χ4n) is 2.76. The van der Waals surface area contributed by atoms with Crippen LogP contribution in [0.2, 0.25) is 0 Å². The molecular weight excluding hydrogens is 336 g/mol. The van der Waals surface area contributed by atoms with Gasteiger partial charge in [-0.3, -0.25) is 0 Å². The second-order valence-electron chi connectivity index (χ2n) is 6.76. The maximum absolute atomic E-state index is 11.4. The van der Waals surface area contributed by atoms with Crippen LogP contribution in [0, 0.1) is 0 Å². The first-order valence-corrected chi connectivity index (χ1v) is 9.04. The van der Waals surface area contributed by atoms with Crippen LogP contribution in [0.5, 0.6) is 5.75 Å². The second-order valence-corrected chi connectivity index (χ2v) is 6.76. The summed E-state index contributed by atoms with van der Waals surface area (Å²) in [7, 11) is 0. The molecule has 1 unspecified atom stereocenters. The van der Waals surface area contributed by atoms with E-state index in [0.29, 0.717) is 5.92 Å². The molecule has 0 aliphatic carbocycles. The molecule has 140 valence electrons. The van der Waals surface area contributed by atoms with Gasteiger partial charge in [0.2, 0.25) is 0 Å². The number of aromatic carboxylic acids is 1. The maximum Gasteiger partial charge on any atom is 0.335 e. The lowest BCUT2D eigenvalue weighted by Gasteiger charge is -2.16. The molecule has 3 rings (SSSR count). The lowest BCUT2D eigenvalue weighted by atomic mass is 9.92. The SMILES string of the molecule is CC(C)c1ccccc1.CC(c1ccccc1)c1ccc([O-])c(C(=O)O)c1. The summed E-state index contributed by atoms with van der Waals surface area (Å²) in [6, 6.07) is 24.8. The van der Waals surface area contributed by atoms with E-state index in [1.165, 1.54) is 17.7 Å². The van der Waals surface area contributed by atoms with Gasteiger partial charge in [0, 0.05) is 5.92 Å². The lowest BCUT2D eigenvalue weighted by molar-refractivity contribution is -0.268. The highest BCUT2D eigenvalue weighted by atomic mass is 16.4. The molecule has 0 aromatic heterocycles. The smallest absolute Gasteiger partial charge is 0.335 e. The van der Waals surface area contributed by atoms with Gasteiger partial charge in [0.1, 0.15) is 0 Å². The Labute approximate surface area is 160 Å². The quantitative estimate of drug-likeness (QED) is 0.675. The van der Waals surface area contributed by atoms with Crippen LogP contribution in [0.4, 0.5) is 0 Å². The van der Waals surface area contributed by atoms with Crippen molar-refractivity contribution in [3.8, 4) is 5.75 Å². The monoisotopic (exact) mass is 361 g/mol. The van der Waals surface area contributed by atoms with Crippen molar-refractivity contribution in [2.45, 2.75) is 32.6 Å². The summed E-state index contributed by atoms with van der Waals surface area (Å²) in [6.45, 7) is 6.39. The molecule has 3 aromatic carbocycles. The number of carbonyl (C=O) groups is 1. The van der Waals surface area contributed by atoms with Crippen LogP contribution in [0.3, 0.4) is 0 Å². The molecule has 0 saturated carbocycles. The second kappa shape index (κ2) is 9.58. The fourth-order valence-corrected chi connectivity index (χ4v) is 2.76. The number of hydrogen-bond acceptors (Lipinski definition) is 2. The van der Waals surface area contributed by atoms with E-state index in [2.05, 4.69) is 38.1 Å². The highest BCUT2D eigenvalue weighted by Crippen LogP contribution is 2.27. The van der Waals surface area contributed by atoms with Crippen LogP contribution in [0.25, 0.3) is 0 Å². The summed E-state index contributed by atoms with van der Waals surface area (Å²) in [5.41, 5.74) is 3.17. The first kappa shape index (κ1) is 20.2. The zero-order valence-corrected chi connectivity index (χ0v) is 15.9. The van der Waals surface area contributed by atoms with Gasteiger partial charge in [0.25, 0.3) is 0 Å².